The van der Waals surface area contributed by atoms with Crippen molar-refractivity contribution in [3.05, 3.63) is 24.3 Å². The largest absolute Gasteiger partial charge is 0.550 e. The molecule has 0 aromatic heterocycles. The van der Waals surface area contributed by atoms with Gasteiger partial charge in [-0.25, -0.2) is 0 Å². The topological polar surface area (TPSA) is 72.9 Å². The number of benzene rings is 1. The maximum atomic E-state index is 12.0. The fourth-order valence-electron chi connectivity index (χ4n) is 2.63. The summed E-state index contributed by atoms with van der Waals surface area (Å²) >= 11 is 0. The van der Waals surface area contributed by atoms with Crippen LogP contribution in [0.2, 0.25) is 0 Å². The lowest BCUT2D eigenvalue weighted by atomic mass is 10.2. The second-order valence-corrected chi connectivity index (χ2v) is 5.27. The van der Waals surface area contributed by atoms with E-state index in [1.54, 1.807) is 12.0 Å². The zero-order valence-electron chi connectivity index (χ0n) is 12.8. The zero-order valence-corrected chi connectivity index (χ0v) is 12.8. The lowest BCUT2D eigenvalue weighted by molar-refractivity contribution is -0.305. The number of para-hydroxylation sites is 2. The van der Waals surface area contributed by atoms with Crippen molar-refractivity contribution in [2.75, 3.05) is 38.2 Å². The third-order valence-electron chi connectivity index (χ3n) is 3.83. The van der Waals surface area contributed by atoms with Gasteiger partial charge in [-0.1, -0.05) is 12.1 Å². The molecule has 0 bridgehead atoms. The van der Waals surface area contributed by atoms with Crippen LogP contribution < -0.4 is 14.7 Å². The van der Waals surface area contributed by atoms with Crippen molar-refractivity contribution in [3.8, 4) is 5.75 Å². The van der Waals surface area contributed by atoms with Gasteiger partial charge in [0.05, 0.1) is 12.8 Å². The molecular weight excluding hydrogens is 284 g/mol. The number of methoxy groups -OCH3 is 1. The SMILES string of the molecule is COc1ccccc1N1CCN(C(=O)CCCC(=O)[O-])CC1. The Kier molecular flexibility index (Phi) is 5.63. The Morgan fingerprint density at radius 2 is 1.82 bits per heavy atom. The van der Waals surface area contributed by atoms with Gasteiger partial charge in [0.15, 0.2) is 0 Å². The third kappa shape index (κ3) is 4.13. The smallest absolute Gasteiger partial charge is 0.222 e. The summed E-state index contributed by atoms with van der Waals surface area (Å²) in [4.78, 5) is 26.4. The van der Waals surface area contributed by atoms with Crippen LogP contribution in [0.25, 0.3) is 0 Å². The van der Waals surface area contributed by atoms with Crippen LogP contribution in [0, 0.1) is 0 Å². The molecule has 6 nitrogen and oxygen atoms in total. The summed E-state index contributed by atoms with van der Waals surface area (Å²) in [5.74, 6) is -0.258. The molecular formula is C16H21N2O4-. The van der Waals surface area contributed by atoms with E-state index in [9.17, 15) is 14.7 Å². The summed E-state index contributed by atoms with van der Waals surface area (Å²) in [5, 5.41) is 10.4. The predicted octanol–water partition coefficient (Wildman–Crippen LogP) is 0.264. The number of carboxylic acids is 1. The molecule has 0 unspecified atom stereocenters. The van der Waals surface area contributed by atoms with E-state index in [4.69, 9.17) is 4.74 Å². The van der Waals surface area contributed by atoms with Crippen LogP contribution in [0.5, 0.6) is 5.75 Å². The number of anilines is 1. The van der Waals surface area contributed by atoms with Gasteiger partial charge < -0.3 is 24.4 Å². The highest BCUT2D eigenvalue weighted by Gasteiger charge is 2.22. The summed E-state index contributed by atoms with van der Waals surface area (Å²) < 4.78 is 5.36. The van der Waals surface area contributed by atoms with Crippen molar-refractivity contribution in [2.45, 2.75) is 19.3 Å². The molecule has 0 N–H and O–H groups in total. The number of ether oxygens (including phenoxy) is 1. The fraction of sp³-hybridized carbons (Fsp3) is 0.500. The molecule has 0 aliphatic carbocycles. The summed E-state index contributed by atoms with van der Waals surface area (Å²) in [6, 6.07) is 7.83. The Bertz CT molecular complexity index is 525. The standard InChI is InChI=1S/C16H22N2O4/c1-22-14-6-3-2-5-13(14)17-9-11-18(12-10-17)15(19)7-4-8-16(20)21/h2-3,5-6H,4,7-12H2,1H3,(H,20,21)/p-1. The molecule has 0 spiro atoms. The van der Waals surface area contributed by atoms with Gasteiger partial charge in [-0.15, -0.1) is 0 Å². The number of aliphatic carboxylic acids is 1. The number of carbonyl (C=O) groups is 2. The number of rotatable bonds is 6. The first-order chi connectivity index (χ1) is 10.6. The highest BCUT2D eigenvalue weighted by atomic mass is 16.5. The number of carboxylic acid groups (broad SMARTS) is 1. The van der Waals surface area contributed by atoms with Gasteiger partial charge in [0.1, 0.15) is 5.75 Å². The molecule has 6 heteroatoms. The lowest BCUT2D eigenvalue weighted by Crippen LogP contribution is -2.48. The van der Waals surface area contributed by atoms with E-state index in [2.05, 4.69) is 4.90 Å². The second-order valence-electron chi connectivity index (χ2n) is 5.27. The minimum atomic E-state index is -1.10. The van der Waals surface area contributed by atoms with E-state index in [-0.39, 0.29) is 18.7 Å². The maximum Gasteiger partial charge on any atom is 0.222 e. The summed E-state index contributed by atoms with van der Waals surface area (Å²) in [7, 11) is 1.65. The summed E-state index contributed by atoms with van der Waals surface area (Å²) in [6.07, 6.45) is 0.545. The fourth-order valence-corrected chi connectivity index (χ4v) is 2.63. The molecule has 1 heterocycles. The van der Waals surface area contributed by atoms with E-state index < -0.39 is 5.97 Å². The molecule has 1 aliphatic heterocycles. The second kappa shape index (κ2) is 7.68. The highest BCUT2D eigenvalue weighted by molar-refractivity contribution is 5.77. The molecule has 1 fully saturated rings. The Hall–Kier alpha value is -2.24. The molecule has 22 heavy (non-hydrogen) atoms. The van der Waals surface area contributed by atoms with E-state index >= 15 is 0 Å². The van der Waals surface area contributed by atoms with Crippen LogP contribution in [-0.4, -0.2) is 50.1 Å². The van der Waals surface area contributed by atoms with Gasteiger partial charge in [-0.3, -0.25) is 4.79 Å². The Morgan fingerprint density at radius 3 is 2.45 bits per heavy atom. The lowest BCUT2D eigenvalue weighted by Gasteiger charge is -2.36. The quantitative estimate of drug-likeness (QED) is 0.754. The molecule has 1 aromatic rings. The zero-order chi connectivity index (χ0) is 15.9. The molecule has 1 aromatic carbocycles. The van der Waals surface area contributed by atoms with Crippen LogP contribution in [0.1, 0.15) is 19.3 Å². The van der Waals surface area contributed by atoms with Gasteiger partial charge >= 0.3 is 0 Å². The Balaban J connectivity index is 1.85. The van der Waals surface area contributed by atoms with Crippen LogP contribution in [0.4, 0.5) is 5.69 Å². The average Bonchev–Trinajstić information content (AvgIpc) is 2.54. The minimum Gasteiger partial charge on any atom is -0.550 e. The number of carbonyl (C=O) groups excluding carboxylic acids is 2. The van der Waals surface area contributed by atoms with Crippen molar-refractivity contribution in [1.29, 1.82) is 0 Å². The van der Waals surface area contributed by atoms with Gasteiger partial charge in [0.25, 0.3) is 0 Å². The normalized spacial score (nSPS) is 14.8. The van der Waals surface area contributed by atoms with Gasteiger partial charge in [0, 0.05) is 38.6 Å². The van der Waals surface area contributed by atoms with E-state index in [0.29, 0.717) is 19.5 Å². The Labute approximate surface area is 130 Å². The predicted molar refractivity (Wildman–Crippen MR) is 80.6 cm³/mol. The first kappa shape index (κ1) is 16.1. The number of piperazine rings is 1. The molecule has 2 rings (SSSR count). The maximum absolute atomic E-state index is 12.0. The molecule has 0 atom stereocenters. The summed E-state index contributed by atoms with van der Waals surface area (Å²) in [5.41, 5.74) is 1.04. The monoisotopic (exact) mass is 305 g/mol. The number of hydrogen-bond acceptors (Lipinski definition) is 5. The minimum absolute atomic E-state index is 0.0147. The first-order valence-corrected chi connectivity index (χ1v) is 7.47. The molecule has 0 saturated carbocycles. The highest BCUT2D eigenvalue weighted by Crippen LogP contribution is 2.28. The van der Waals surface area contributed by atoms with Crippen LogP contribution in [-0.2, 0) is 9.59 Å². The molecule has 120 valence electrons. The van der Waals surface area contributed by atoms with Crippen LogP contribution in [0.15, 0.2) is 24.3 Å². The van der Waals surface area contributed by atoms with Gasteiger partial charge in [0.2, 0.25) is 5.91 Å². The molecule has 1 amide bonds. The third-order valence-corrected chi connectivity index (χ3v) is 3.83. The number of nitrogens with zero attached hydrogens (tertiary/aromatic N) is 2. The van der Waals surface area contributed by atoms with Crippen molar-refractivity contribution < 1.29 is 19.4 Å². The van der Waals surface area contributed by atoms with Crippen molar-refractivity contribution in [2.24, 2.45) is 0 Å². The van der Waals surface area contributed by atoms with Crippen molar-refractivity contribution >= 4 is 17.6 Å². The van der Waals surface area contributed by atoms with Gasteiger partial charge in [-0.05, 0) is 25.0 Å². The van der Waals surface area contributed by atoms with E-state index in [1.165, 1.54) is 0 Å². The van der Waals surface area contributed by atoms with Crippen LogP contribution >= 0.6 is 0 Å². The molecule has 1 aliphatic rings. The molecule has 1 saturated heterocycles. The average molecular weight is 305 g/mol. The summed E-state index contributed by atoms with van der Waals surface area (Å²) in [6.45, 7) is 2.77. The number of hydrogen-bond donors (Lipinski definition) is 0. The van der Waals surface area contributed by atoms with E-state index in [1.807, 2.05) is 24.3 Å². The van der Waals surface area contributed by atoms with Crippen LogP contribution in [0.3, 0.4) is 0 Å². The van der Waals surface area contributed by atoms with Gasteiger partial charge in [-0.2, -0.15) is 0 Å². The van der Waals surface area contributed by atoms with Crippen molar-refractivity contribution in [3.63, 3.8) is 0 Å². The van der Waals surface area contributed by atoms with E-state index in [0.717, 1.165) is 24.5 Å². The molecule has 0 radical (unpaired) electrons. The Morgan fingerprint density at radius 1 is 1.14 bits per heavy atom. The number of amides is 1. The van der Waals surface area contributed by atoms with Crippen molar-refractivity contribution in [1.82, 2.24) is 4.90 Å². The first-order valence-electron chi connectivity index (χ1n) is 7.47.